The molecule has 0 saturated heterocycles. The lowest BCUT2D eigenvalue weighted by atomic mass is 9.86. The van der Waals surface area contributed by atoms with Crippen LogP contribution in [0.3, 0.4) is 0 Å². The van der Waals surface area contributed by atoms with Gasteiger partial charge < -0.3 is 4.90 Å². The van der Waals surface area contributed by atoms with E-state index < -0.39 is 0 Å². The molecule has 2 unspecified atom stereocenters. The molecule has 4 aromatic rings. The molecule has 4 aromatic carbocycles. The Hall–Kier alpha value is -3.58. The third kappa shape index (κ3) is 3.88. The second kappa shape index (κ2) is 9.47. The van der Waals surface area contributed by atoms with Crippen LogP contribution in [-0.2, 0) is 6.42 Å². The summed E-state index contributed by atoms with van der Waals surface area (Å²) >= 11 is 0. The minimum atomic E-state index is 0.577. The molecule has 1 heteroatoms. The highest BCUT2D eigenvalue weighted by molar-refractivity contribution is 5.93. The minimum absolute atomic E-state index is 0.577. The van der Waals surface area contributed by atoms with Gasteiger partial charge in [-0.15, -0.1) is 0 Å². The average Bonchev–Trinajstić information content (AvgIpc) is 3.51. The fourth-order valence-corrected chi connectivity index (χ4v) is 6.53. The highest BCUT2D eigenvalue weighted by Crippen LogP contribution is 2.55. The maximum absolute atomic E-state index is 2.70. The van der Waals surface area contributed by atoms with Crippen molar-refractivity contribution in [2.75, 3.05) is 4.90 Å². The first-order valence-electron chi connectivity index (χ1n) is 13.5. The molecular weight excluding hydrogens is 434 g/mol. The summed E-state index contributed by atoms with van der Waals surface area (Å²) < 4.78 is 0. The smallest absolute Gasteiger partial charge is 0.0485 e. The number of benzene rings is 4. The van der Waals surface area contributed by atoms with Gasteiger partial charge in [-0.2, -0.15) is 0 Å². The predicted octanol–water partition coefficient (Wildman–Crippen LogP) is 9.24. The van der Waals surface area contributed by atoms with Gasteiger partial charge in [0.1, 0.15) is 0 Å². The number of nitrogens with zero attached hydrogens (tertiary/aromatic N) is 1. The highest BCUT2D eigenvalue weighted by atomic mass is 15.2. The van der Waals surface area contributed by atoms with Crippen LogP contribution in [0.25, 0.3) is 11.6 Å². The summed E-state index contributed by atoms with van der Waals surface area (Å²) in [6.07, 6.45) is 7.37. The van der Waals surface area contributed by atoms with E-state index in [4.69, 9.17) is 0 Å². The molecular formula is C35H35N. The number of hydrogen-bond donors (Lipinski definition) is 0. The van der Waals surface area contributed by atoms with Crippen LogP contribution in [0, 0.1) is 13.8 Å². The molecule has 1 fully saturated rings. The molecule has 0 amide bonds. The maximum atomic E-state index is 2.70. The second-order valence-corrected chi connectivity index (χ2v) is 10.5. The zero-order chi connectivity index (χ0) is 24.6. The fraction of sp³-hybridized carbons (Fsp3) is 0.257. The zero-order valence-corrected chi connectivity index (χ0v) is 21.7. The van der Waals surface area contributed by atoms with Crippen LogP contribution in [0.15, 0.2) is 91.0 Å². The molecule has 1 heterocycles. The number of rotatable bonds is 5. The average molecular weight is 470 g/mol. The highest BCUT2D eigenvalue weighted by Gasteiger charge is 2.44. The minimum Gasteiger partial charge on any atom is -0.337 e. The summed E-state index contributed by atoms with van der Waals surface area (Å²) in [5.41, 5.74) is 13.9. The number of aryl methyl sites for hydroxylation is 2. The van der Waals surface area contributed by atoms with Crippen LogP contribution in [0.1, 0.15) is 71.0 Å². The number of fused-ring (bicyclic) bond motifs is 3. The summed E-state index contributed by atoms with van der Waals surface area (Å²) in [5.74, 6) is 0.622. The Bertz CT molecular complexity index is 1360. The number of hydrogen-bond acceptors (Lipinski definition) is 1. The molecule has 1 saturated carbocycles. The van der Waals surface area contributed by atoms with Crippen molar-refractivity contribution < 1.29 is 0 Å². The van der Waals surface area contributed by atoms with Crippen molar-refractivity contribution >= 4 is 23.0 Å². The Morgan fingerprint density at radius 1 is 0.833 bits per heavy atom. The van der Waals surface area contributed by atoms with Gasteiger partial charge in [-0.25, -0.2) is 0 Å². The van der Waals surface area contributed by atoms with E-state index in [1.807, 2.05) is 0 Å². The topological polar surface area (TPSA) is 3.24 Å². The maximum Gasteiger partial charge on any atom is 0.0485 e. The van der Waals surface area contributed by atoms with E-state index in [0.29, 0.717) is 12.0 Å². The fourth-order valence-electron chi connectivity index (χ4n) is 6.53. The standard InChI is InChI=1S/C35H35N/c1-4-26-22-29(23-32(27-12-7-5-8-13-27)28-14-9-6-10-15-28)25(3)34-31-16-11-17-33(31)36(35(26)34)30-20-18-24(2)19-21-30/h5-10,12-15,18-23,31,33H,4,11,16-17H2,1-3H3. The van der Waals surface area contributed by atoms with E-state index in [9.17, 15) is 0 Å². The molecule has 1 nitrogen and oxygen atoms in total. The third-order valence-corrected chi connectivity index (χ3v) is 8.31. The second-order valence-electron chi connectivity index (χ2n) is 10.5. The van der Waals surface area contributed by atoms with E-state index in [1.165, 1.54) is 69.6 Å². The largest absolute Gasteiger partial charge is 0.337 e. The van der Waals surface area contributed by atoms with E-state index in [1.54, 1.807) is 5.56 Å². The lowest BCUT2D eigenvalue weighted by Crippen LogP contribution is -2.27. The van der Waals surface area contributed by atoms with Gasteiger partial charge in [0.05, 0.1) is 0 Å². The molecule has 6 rings (SSSR count). The van der Waals surface area contributed by atoms with Crippen LogP contribution in [0.4, 0.5) is 11.4 Å². The zero-order valence-electron chi connectivity index (χ0n) is 21.7. The lowest BCUT2D eigenvalue weighted by Gasteiger charge is -2.29. The number of anilines is 2. The van der Waals surface area contributed by atoms with Crippen molar-refractivity contribution in [1.82, 2.24) is 0 Å². The van der Waals surface area contributed by atoms with Gasteiger partial charge in [0, 0.05) is 23.3 Å². The molecule has 1 aliphatic carbocycles. The van der Waals surface area contributed by atoms with Crippen LogP contribution in [0.2, 0.25) is 0 Å². The van der Waals surface area contributed by atoms with Crippen molar-refractivity contribution in [2.24, 2.45) is 0 Å². The van der Waals surface area contributed by atoms with E-state index in [2.05, 4.69) is 123 Å². The molecule has 1 aliphatic heterocycles. The Morgan fingerprint density at radius 2 is 1.47 bits per heavy atom. The lowest BCUT2D eigenvalue weighted by molar-refractivity contribution is 0.639. The monoisotopic (exact) mass is 469 g/mol. The van der Waals surface area contributed by atoms with Gasteiger partial charge in [0.15, 0.2) is 0 Å². The van der Waals surface area contributed by atoms with Gasteiger partial charge in [0.25, 0.3) is 0 Å². The van der Waals surface area contributed by atoms with E-state index in [-0.39, 0.29) is 0 Å². The van der Waals surface area contributed by atoms with Gasteiger partial charge >= 0.3 is 0 Å². The molecule has 0 aromatic heterocycles. The van der Waals surface area contributed by atoms with Gasteiger partial charge in [-0.3, -0.25) is 0 Å². The SMILES string of the molecule is CCc1cc(C=C(c2ccccc2)c2ccccc2)c(C)c2c1N(c1ccc(C)cc1)C1CCCC21. The van der Waals surface area contributed by atoms with Crippen LogP contribution >= 0.6 is 0 Å². The first-order valence-corrected chi connectivity index (χ1v) is 13.5. The molecule has 0 radical (unpaired) electrons. The Morgan fingerprint density at radius 3 is 2.08 bits per heavy atom. The quantitative estimate of drug-likeness (QED) is 0.263. The summed E-state index contributed by atoms with van der Waals surface area (Å²) in [6, 6.07) is 33.9. The van der Waals surface area contributed by atoms with Crippen molar-refractivity contribution in [3.8, 4) is 0 Å². The van der Waals surface area contributed by atoms with Crippen molar-refractivity contribution in [1.29, 1.82) is 0 Å². The first-order chi connectivity index (χ1) is 17.7. The van der Waals surface area contributed by atoms with Crippen LogP contribution in [0.5, 0.6) is 0 Å². The Kier molecular flexibility index (Phi) is 6.01. The summed E-state index contributed by atoms with van der Waals surface area (Å²) in [4.78, 5) is 2.70. The van der Waals surface area contributed by atoms with Crippen molar-refractivity contribution in [3.63, 3.8) is 0 Å². The molecule has 180 valence electrons. The van der Waals surface area contributed by atoms with Crippen LogP contribution < -0.4 is 4.90 Å². The summed E-state index contributed by atoms with van der Waals surface area (Å²) in [7, 11) is 0. The molecule has 36 heavy (non-hydrogen) atoms. The van der Waals surface area contributed by atoms with E-state index in [0.717, 1.165) is 6.42 Å². The van der Waals surface area contributed by atoms with Gasteiger partial charge in [-0.05, 0) is 96.3 Å². The first kappa shape index (κ1) is 22.9. The molecule has 2 aliphatic rings. The van der Waals surface area contributed by atoms with Crippen LogP contribution in [-0.4, -0.2) is 6.04 Å². The molecule has 0 bridgehead atoms. The Labute approximate surface area is 216 Å². The Balaban J connectivity index is 1.56. The normalized spacial score (nSPS) is 18.1. The molecule has 0 spiro atoms. The summed E-state index contributed by atoms with van der Waals surface area (Å²) in [6.45, 7) is 6.86. The van der Waals surface area contributed by atoms with Crippen molar-refractivity contribution in [3.05, 3.63) is 130 Å². The van der Waals surface area contributed by atoms with E-state index >= 15 is 0 Å². The third-order valence-electron chi connectivity index (χ3n) is 8.31. The predicted molar refractivity (Wildman–Crippen MR) is 154 cm³/mol. The van der Waals surface area contributed by atoms with Gasteiger partial charge in [0.2, 0.25) is 0 Å². The van der Waals surface area contributed by atoms with Gasteiger partial charge in [-0.1, -0.05) is 91.7 Å². The summed E-state index contributed by atoms with van der Waals surface area (Å²) in [5, 5.41) is 0. The molecule has 0 N–H and O–H groups in total. The van der Waals surface area contributed by atoms with Crippen molar-refractivity contribution in [2.45, 2.75) is 58.4 Å². The molecule has 2 atom stereocenters.